The van der Waals surface area contributed by atoms with Crippen molar-refractivity contribution in [3.63, 3.8) is 0 Å². The SMILES string of the molecule is COc1cccc2c(=O)n(CCCC3CCNCC3)c(C)nc12. The van der Waals surface area contributed by atoms with E-state index in [-0.39, 0.29) is 5.56 Å². The molecule has 124 valence electrons. The summed E-state index contributed by atoms with van der Waals surface area (Å²) in [6.45, 7) is 4.90. The lowest BCUT2D eigenvalue weighted by Crippen LogP contribution is -2.28. The highest BCUT2D eigenvalue weighted by molar-refractivity contribution is 5.83. The Morgan fingerprint density at radius 2 is 2.13 bits per heavy atom. The molecule has 0 aliphatic carbocycles. The van der Waals surface area contributed by atoms with Gasteiger partial charge in [0.2, 0.25) is 0 Å². The molecule has 1 aliphatic heterocycles. The van der Waals surface area contributed by atoms with Crippen molar-refractivity contribution >= 4 is 10.9 Å². The Morgan fingerprint density at radius 1 is 1.35 bits per heavy atom. The molecule has 0 unspecified atom stereocenters. The van der Waals surface area contributed by atoms with Crippen LogP contribution in [0.2, 0.25) is 0 Å². The molecule has 3 rings (SSSR count). The highest BCUT2D eigenvalue weighted by atomic mass is 16.5. The van der Waals surface area contributed by atoms with Crippen molar-refractivity contribution in [2.24, 2.45) is 5.92 Å². The lowest BCUT2D eigenvalue weighted by Gasteiger charge is -2.22. The first-order valence-corrected chi connectivity index (χ1v) is 8.45. The van der Waals surface area contributed by atoms with E-state index >= 15 is 0 Å². The van der Waals surface area contributed by atoms with Crippen molar-refractivity contribution in [3.8, 4) is 5.75 Å². The zero-order valence-corrected chi connectivity index (χ0v) is 14.0. The number of nitrogens with zero attached hydrogens (tertiary/aromatic N) is 2. The van der Waals surface area contributed by atoms with Gasteiger partial charge in [-0.2, -0.15) is 0 Å². The number of methoxy groups -OCH3 is 1. The van der Waals surface area contributed by atoms with E-state index in [1.54, 1.807) is 7.11 Å². The second-order valence-electron chi connectivity index (χ2n) is 6.31. The molecule has 5 nitrogen and oxygen atoms in total. The van der Waals surface area contributed by atoms with Gasteiger partial charge in [0.15, 0.2) is 0 Å². The smallest absolute Gasteiger partial charge is 0.261 e. The summed E-state index contributed by atoms with van der Waals surface area (Å²) in [5, 5.41) is 4.03. The number of piperidine rings is 1. The van der Waals surface area contributed by atoms with Gasteiger partial charge in [-0.05, 0) is 63.7 Å². The minimum absolute atomic E-state index is 0.0386. The number of aryl methyl sites for hydroxylation is 1. The number of fused-ring (bicyclic) bond motifs is 1. The van der Waals surface area contributed by atoms with Gasteiger partial charge < -0.3 is 10.1 Å². The van der Waals surface area contributed by atoms with Gasteiger partial charge in [0.1, 0.15) is 17.1 Å². The van der Waals surface area contributed by atoms with Crippen LogP contribution in [0.5, 0.6) is 5.75 Å². The number of hydrogen-bond donors (Lipinski definition) is 1. The third-order valence-electron chi connectivity index (χ3n) is 4.81. The van der Waals surface area contributed by atoms with Crippen LogP contribution in [0.15, 0.2) is 23.0 Å². The molecule has 0 amide bonds. The number of ether oxygens (including phenoxy) is 1. The Balaban J connectivity index is 1.79. The van der Waals surface area contributed by atoms with Crippen LogP contribution in [0.4, 0.5) is 0 Å². The summed E-state index contributed by atoms with van der Waals surface area (Å²) in [6.07, 6.45) is 4.72. The number of nitrogens with one attached hydrogen (secondary N) is 1. The van der Waals surface area contributed by atoms with Crippen molar-refractivity contribution in [2.45, 2.75) is 39.2 Å². The molecule has 23 heavy (non-hydrogen) atoms. The molecule has 1 saturated heterocycles. The minimum Gasteiger partial charge on any atom is -0.494 e. The standard InChI is InChI=1S/C18H25N3O2/c1-13-20-17-15(6-3-7-16(17)23-2)18(22)21(13)12-4-5-14-8-10-19-11-9-14/h3,6-7,14,19H,4-5,8-12H2,1-2H3. The zero-order valence-electron chi connectivity index (χ0n) is 14.0. The summed E-state index contributed by atoms with van der Waals surface area (Å²) >= 11 is 0. The molecule has 0 saturated carbocycles. The predicted octanol–water partition coefficient (Wildman–Crippen LogP) is 2.49. The predicted molar refractivity (Wildman–Crippen MR) is 92.1 cm³/mol. The fourth-order valence-electron chi connectivity index (χ4n) is 3.46. The summed E-state index contributed by atoms with van der Waals surface area (Å²) in [5.41, 5.74) is 0.698. The van der Waals surface area contributed by atoms with Crippen LogP contribution in [0.25, 0.3) is 10.9 Å². The molecule has 0 radical (unpaired) electrons. The maximum absolute atomic E-state index is 12.8. The lowest BCUT2D eigenvalue weighted by molar-refractivity contribution is 0.338. The maximum atomic E-state index is 12.8. The van der Waals surface area contributed by atoms with Gasteiger partial charge >= 0.3 is 0 Å². The van der Waals surface area contributed by atoms with Crippen molar-refractivity contribution in [3.05, 3.63) is 34.4 Å². The van der Waals surface area contributed by atoms with E-state index in [4.69, 9.17) is 4.74 Å². The molecular weight excluding hydrogens is 290 g/mol. The number of benzene rings is 1. The Bertz CT molecular complexity index is 733. The number of rotatable bonds is 5. The number of hydrogen-bond acceptors (Lipinski definition) is 4. The van der Waals surface area contributed by atoms with Crippen LogP contribution in [0.1, 0.15) is 31.5 Å². The topological polar surface area (TPSA) is 56.1 Å². The van der Waals surface area contributed by atoms with Crippen LogP contribution in [0.3, 0.4) is 0 Å². The molecule has 1 aromatic carbocycles. The first-order chi connectivity index (χ1) is 11.2. The third kappa shape index (κ3) is 3.39. The van der Waals surface area contributed by atoms with Crippen molar-refractivity contribution in [1.82, 2.24) is 14.9 Å². The van der Waals surface area contributed by atoms with E-state index in [0.717, 1.165) is 37.8 Å². The number of para-hydroxylation sites is 1. The minimum atomic E-state index is 0.0386. The van der Waals surface area contributed by atoms with Gasteiger partial charge in [0.05, 0.1) is 12.5 Å². The van der Waals surface area contributed by atoms with Crippen LogP contribution >= 0.6 is 0 Å². The van der Waals surface area contributed by atoms with Crippen LogP contribution in [0, 0.1) is 12.8 Å². The van der Waals surface area contributed by atoms with E-state index in [1.165, 1.54) is 19.3 Å². The molecule has 1 aliphatic rings. The van der Waals surface area contributed by atoms with Gasteiger partial charge in [-0.1, -0.05) is 6.07 Å². The Hall–Kier alpha value is -1.88. The first-order valence-electron chi connectivity index (χ1n) is 8.45. The maximum Gasteiger partial charge on any atom is 0.261 e. The Morgan fingerprint density at radius 3 is 2.87 bits per heavy atom. The highest BCUT2D eigenvalue weighted by Crippen LogP contribution is 2.22. The van der Waals surface area contributed by atoms with E-state index in [9.17, 15) is 4.79 Å². The highest BCUT2D eigenvalue weighted by Gasteiger charge is 2.14. The average molecular weight is 315 g/mol. The molecule has 1 N–H and O–H groups in total. The average Bonchev–Trinajstić information content (AvgIpc) is 2.58. The molecule has 5 heteroatoms. The molecule has 0 bridgehead atoms. The van der Waals surface area contributed by atoms with Crippen LogP contribution < -0.4 is 15.6 Å². The lowest BCUT2D eigenvalue weighted by atomic mass is 9.93. The quantitative estimate of drug-likeness (QED) is 0.921. The van der Waals surface area contributed by atoms with Crippen molar-refractivity contribution < 1.29 is 4.74 Å². The van der Waals surface area contributed by atoms with Gasteiger partial charge in [-0.3, -0.25) is 9.36 Å². The summed E-state index contributed by atoms with van der Waals surface area (Å²) in [4.78, 5) is 17.4. The third-order valence-corrected chi connectivity index (χ3v) is 4.81. The summed E-state index contributed by atoms with van der Waals surface area (Å²) < 4.78 is 7.13. The zero-order chi connectivity index (χ0) is 16.2. The second-order valence-corrected chi connectivity index (χ2v) is 6.31. The summed E-state index contributed by atoms with van der Waals surface area (Å²) in [5.74, 6) is 2.21. The molecule has 0 atom stereocenters. The van der Waals surface area contributed by atoms with E-state index in [1.807, 2.05) is 29.7 Å². The Kier molecular flexibility index (Phi) is 4.96. The molecule has 1 aromatic heterocycles. The summed E-state index contributed by atoms with van der Waals surface area (Å²) in [6, 6.07) is 5.52. The molecule has 2 heterocycles. The van der Waals surface area contributed by atoms with Crippen LogP contribution in [-0.4, -0.2) is 29.8 Å². The molecule has 0 spiro atoms. The molecular formula is C18H25N3O2. The van der Waals surface area contributed by atoms with Crippen LogP contribution in [-0.2, 0) is 6.54 Å². The fraction of sp³-hybridized carbons (Fsp3) is 0.556. The van der Waals surface area contributed by atoms with E-state index < -0.39 is 0 Å². The van der Waals surface area contributed by atoms with Gasteiger partial charge in [0.25, 0.3) is 5.56 Å². The Labute approximate surface area is 136 Å². The van der Waals surface area contributed by atoms with Crippen molar-refractivity contribution in [1.29, 1.82) is 0 Å². The number of aromatic nitrogens is 2. The summed E-state index contributed by atoms with van der Waals surface area (Å²) in [7, 11) is 1.61. The van der Waals surface area contributed by atoms with Gasteiger partial charge in [0, 0.05) is 6.54 Å². The van der Waals surface area contributed by atoms with E-state index in [2.05, 4.69) is 10.3 Å². The second kappa shape index (κ2) is 7.13. The monoisotopic (exact) mass is 315 g/mol. The van der Waals surface area contributed by atoms with Crippen molar-refractivity contribution in [2.75, 3.05) is 20.2 Å². The normalized spacial score (nSPS) is 15.9. The van der Waals surface area contributed by atoms with Gasteiger partial charge in [-0.15, -0.1) is 0 Å². The fourth-order valence-corrected chi connectivity index (χ4v) is 3.46. The first kappa shape index (κ1) is 16.0. The largest absolute Gasteiger partial charge is 0.494 e. The molecule has 2 aromatic rings. The van der Waals surface area contributed by atoms with E-state index in [0.29, 0.717) is 16.7 Å². The van der Waals surface area contributed by atoms with Gasteiger partial charge in [-0.25, -0.2) is 4.98 Å². The molecule has 1 fully saturated rings.